The van der Waals surface area contributed by atoms with Crippen molar-refractivity contribution in [3.05, 3.63) is 28.2 Å². The first kappa shape index (κ1) is 12.5. The van der Waals surface area contributed by atoms with Crippen molar-refractivity contribution in [2.75, 3.05) is 6.61 Å². The van der Waals surface area contributed by atoms with E-state index < -0.39 is 6.10 Å². The number of hydrogen-bond donors (Lipinski definition) is 1. The molecule has 0 aromatic heterocycles. The number of rotatable bonds is 4. The predicted octanol–water partition coefficient (Wildman–Crippen LogP) is 3.54. The second kappa shape index (κ2) is 5.52. The Hall–Kier alpha value is -0.540. The van der Waals surface area contributed by atoms with Crippen LogP contribution in [0.3, 0.4) is 0 Å². The highest BCUT2D eigenvalue weighted by atomic mass is 79.9. The van der Waals surface area contributed by atoms with Crippen molar-refractivity contribution < 1.29 is 9.84 Å². The zero-order chi connectivity index (χ0) is 11.4. The Balaban J connectivity index is 2.87. The van der Waals surface area contributed by atoms with Crippen LogP contribution in [0.4, 0.5) is 0 Å². The molecule has 1 aromatic rings. The molecule has 0 amide bonds. The fraction of sp³-hybridized carbons (Fsp3) is 0.500. The molecule has 1 atom stereocenters. The molecule has 3 heteroatoms. The van der Waals surface area contributed by atoms with Crippen LogP contribution in [0.5, 0.6) is 5.75 Å². The third kappa shape index (κ3) is 3.84. The third-order valence-corrected chi connectivity index (χ3v) is 2.49. The molecule has 1 rings (SSSR count). The maximum atomic E-state index is 9.57. The first-order valence-corrected chi connectivity index (χ1v) is 5.90. The summed E-state index contributed by atoms with van der Waals surface area (Å²) in [5.74, 6) is 1.24. The second-order valence-electron chi connectivity index (χ2n) is 4.06. The number of aliphatic hydroxyl groups excluding tert-OH is 1. The highest BCUT2D eigenvalue weighted by molar-refractivity contribution is 9.10. The lowest BCUT2D eigenvalue weighted by Crippen LogP contribution is -2.07. The molecular weight excluding hydrogens is 256 g/mol. The summed E-state index contributed by atoms with van der Waals surface area (Å²) in [6.07, 6.45) is -0.500. The first-order chi connectivity index (χ1) is 7.00. The summed E-state index contributed by atoms with van der Waals surface area (Å²) in [6, 6.07) is 5.68. The van der Waals surface area contributed by atoms with E-state index in [4.69, 9.17) is 4.74 Å². The zero-order valence-electron chi connectivity index (χ0n) is 9.33. The van der Waals surface area contributed by atoms with Crippen LogP contribution in [0.1, 0.15) is 32.4 Å². The molecule has 0 aliphatic carbocycles. The summed E-state index contributed by atoms with van der Waals surface area (Å²) in [4.78, 5) is 0. The van der Waals surface area contributed by atoms with E-state index in [-0.39, 0.29) is 0 Å². The summed E-state index contributed by atoms with van der Waals surface area (Å²) >= 11 is 3.39. The Kier molecular flexibility index (Phi) is 4.61. The quantitative estimate of drug-likeness (QED) is 0.909. The van der Waals surface area contributed by atoms with Gasteiger partial charge in [-0.25, -0.2) is 0 Å². The van der Waals surface area contributed by atoms with Crippen molar-refractivity contribution in [3.63, 3.8) is 0 Å². The molecular formula is C12H17BrO2. The highest BCUT2D eigenvalue weighted by Gasteiger charge is 2.10. The SMILES string of the molecule is CC(C)COc1cc(Br)ccc1[C@H](C)O. The minimum atomic E-state index is -0.500. The lowest BCUT2D eigenvalue weighted by molar-refractivity contribution is 0.188. The topological polar surface area (TPSA) is 29.5 Å². The Morgan fingerprint density at radius 3 is 2.53 bits per heavy atom. The van der Waals surface area contributed by atoms with Gasteiger partial charge in [0.2, 0.25) is 0 Å². The normalized spacial score (nSPS) is 12.9. The summed E-state index contributed by atoms with van der Waals surface area (Å²) in [5.41, 5.74) is 0.832. The van der Waals surface area contributed by atoms with Gasteiger partial charge in [0.1, 0.15) is 5.75 Å². The van der Waals surface area contributed by atoms with Crippen LogP contribution in [0.15, 0.2) is 22.7 Å². The lowest BCUT2D eigenvalue weighted by Gasteiger charge is -2.15. The summed E-state index contributed by atoms with van der Waals surface area (Å²) in [7, 11) is 0. The van der Waals surface area contributed by atoms with Crippen LogP contribution in [-0.2, 0) is 0 Å². The average Bonchev–Trinajstić information content (AvgIpc) is 2.14. The number of benzene rings is 1. The van der Waals surface area contributed by atoms with Crippen molar-refractivity contribution in [1.82, 2.24) is 0 Å². The molecule has 84 valence electrons. The van der Waals surface area contributed by atoms with Gasteiger partial charge in [-0.3, -0.25) is 0 Å². The van der Waals surface area contributed by atoms with Gasteiger partial charge >= 0.3 is 0 Å². The molecule has 0 saturated heterocycles. The molecule has 0 aliphatic heterocycles. The molecule has 1 N–H and O–H groups in total. The van der Waals surface area contributed by atoms with E-state index in [1.165, 1.54) is 0 Å². The van der Waals surface area contributed by atoms with Crippen molar-refractivity contribution >= 4 is 15.9 Å². The van der Waals surface area contributed by atoms with Crippen LogP contribution in [0.2, 0.25) is 0 Å². The van der Waals surface area contributed by atoms with E-state index >= 15 is 0 Å². The van der Waals surface area contributed by atoms with Crippen LogP contribution >= 0.6 is 15.9 Å². The van der Waals surface area contributed by atoms with E-state index in [0.29, 0.717) is 12.5 Å². The minimum absolute atomic E-state index is 0.478. The van der Waals surface area contributed by atoms with Gasteiger partial charge < -0.3 is 9.84 Å². The molecule has 1 aromatic carbocycles. The molecule has 0 radical (unpaired) electrons. The van der Waals surface area contributed by atoms with E-state index in [1.807, 2.05) is 18.2 Å². The van der Waals surface area contributed by atoms with Gasteiger partial charge in [-0.15, -0.1) is 0 Å². The van der Waals surface area contributed by atoms with Crippen molar-refractivity contribution in [3.8, 4) is 5.75 Å². The molecule has 0 bridgehead atoms. The molecule has 0 fully saturated rings. The van der Waals surface area contributed by atoms with Gasteiger partial charge in [0, 0.05) is 10.0 Å². The van der Waals surface area contributed by atoms with E-state index in [0.717, 1.165) is 15.8 Å². The molecule has 0 saturated carbocycles. The Morgan fingerprint density at radius 1 is 1.33 bits per heavy atom. The largest absolute Gasteiger partial charge is 0.493 e. The maximum absolute atomic E-state index is 9.57. The summed E-state index contributed by atoms with van der Waals surface area (Å²) < 4.78 is 6.61. The Morgan fingerprint density at radius 2 is 2.00 bits per heavy atom. The Bertz CT molecular complexity index is 321. The van der Waals surface area contributed by atoms with Gasteiger partial charge in [-0.1, -0.05) is 35.8 Å². The van der Waals surface area contributed by atoms with E-state index in [1.54, 1.807) is 6.92 Å². The van der Waals surface area contributed by atoms with Crippen LogP contribution in [0.25, 0.3) is 0 Å². The van der Waals surface area contributed by atoms with Crippen LogP contribution in [0, 0.1) is 5.92 Å². The van der Waals surface area contributed by atoms with Gasteiger partial charge in [-0.2, -0.15) is 0 Å². The number of ether oxygens (including phenoxy) is 1. The molecule has 0 heterocycles. The number of hydrogen-bond acceptors (Lipinski definition) is 2. The molecule has 2 nitrogen and oxygen atoms in total. The fourth-order valence-electron chi connectivity index (χ4n) is 1.23. The molecule has 0 unspecified atom stereocenters. The smallest absolute Gasteiger partial charge is 0.126 e. The van der Waals surface area contributed by atoms with Gasteiger partial charge in [0.15, 0.2) is 0 Å². The third-order valence-electron chi connectivity index (χ3n) is 2.00. The van der Waals surface area contributed by atoms with Crippen LogP contribution < -0.4 is 4.74 Å². The molecule has 0 spiro atoms. The standard InChI is InChI=1S/C12H17BrO2/c1-8(2)7-15-12-6-10(13)4-5-11(12)9(3)14/h4-6,8-9,14H,7H2,1-3H3/t9-/m0/s1. The molecule has 15 heavy (non-hydrogen) atoms. The summed E-state index contributed by atoms with van der Waals surface area (Å²) in [6.45, 7) is 6.60. The van der Waals surface area contributed by atoms with E-state index in [2.05, 4.69) is 29.8 Å². The fourth-order valence-corrected chi connectivity index (χ4v) is 1.57. The zero-order valence-corrected chi connectivity index (χ0v) is 10.9. The second-order valence-corrected chi connectivity index (χ2v) is 4.98. The Labute approximate surface area is 99.4 Å². The van der Waals surface area contributed by atoms with Crippen molar-refractivity contribution in [1.29, 1.82) is 0 Å². The predicted molar refractivity (Wildman–Crippen MR) is 65.1 cm³/mol. The van der Waals surface area contributed by atoms with E-state index in [9.17, 15) is 5.11 Å². The first-order valence-electron chi connectivity index (χ1n) is 5.11. The maximum Gasteiger partial charge on any atom is 0.126 e. The number of halogens is 1. The minimum Gasteiger partial charge on any atom is -0.493 e. The number of aliphatic hydroxyl groups is 1. The van der Waals surface area contributed by atoms with Gasteiger partial charge in [0.05, 0.1) is 12.7 Å². The lowest BCUT2D eigenvalue weighted by atomic mass is 10.1. The van der Waals surface area contributed by atoms with Gasteiger partial charge in [-0.05, 0) is 25.0 Å². The summed E-state index contributed by atoms with van der Waals surface area (Å²) in [5, 5.41) is 9.57. The average molecular weight is 273 g/mol. The monoisotopic (exact) mass is 272 g/mol. The molecule has 0 aliphatic rings. The highest BCUT2D eigenvalue weighted by Crippen LogP contribution is 2.28. The van der Waals surface area contributed by atoms with Crippen molar-refractivity contribution in [2.24, 2.45) is 5.92 Å². The van der Waals surface area contributed by atoms with Crippen molar-refractivity contribution in [2.45, 2.75) is 26.9 Å². The van der Waals surface area contributed by atoms with Crippen LogP contribution in [-0.4, -0.2) is 11.7 Å². The van der Waals surface area contributed by atoms with Gasteiger partial charge in [0.25, 0.3) is 0 Å².